The molecule has 0 spiro atoms. The summed E-state index contributed by atoms with van der Waals surface area (Å²) in [6.45, 7) is 5.41. The minimum atomic E-state index is 0.328. The van der Waals surface area contributed by atoms with Crippen LogP contribution in [-0.2, 0) is 4.79 Å². The molecule has 0 aliphatic rings. The molecule has 0 bridgehead atoms. The van der Waals surface area contributed by atoms with Crippen molar-refractivity contribution in [3.8, 4) is 0 Å². The fraction of sp³-hybridized carbons (Fsp3) is 0.444. The van der Waals surface area contributed by atoms with Crippen molar-refractivity contribution in [3.63, 3.8) is 0 Å². The number of carbonyl (C=O) groups excluding carboxylic acids is 1. The van der Waals surface area contributed by atoms with Crippen LogP contribution in [0.15, 0.2) is 24.8 Å². The van der Waals surface area contributed by atoms with E-state index >= 15 is 0 Å². The Balaban J connectivity index is 3.27. The molecular formula is C9H14O. The zero-order chi connectivity index (χ0) is 7.82. The van der Waals surface area contributed by atoms with Gasteiger partial charge in [0.05, 0.1) is 0 Å². The van der Waals surface area contributed by atoms with Crippen molar-refractivity contribution in [1.82, 2.24) is 0 Å². The van der Waals surface area contributed by atoms with Crippen LogP contribution in [0.2, 0.25) is 0 Å². The number of ketones is 1. The standard InChI is InChI=1S/C9H14O/c1-3-5-6-7-8-9(10)4-2/h3,5-6H,1,4,7-8H2,2H3. The second kappa shape index (κ2) is 6.27. The predicted octanol–water partition coefficient (Wildman–Crippen LogP) is 2.49. The van der Waals surface area contributed by atoms with Crippen LogP contribution in [0.25, 0.3) is 0 Å². The first kappa shape index (κ1) is 9.15. The average Bonchev–Trinajstić information content (AvgIpc) is 1.98. The normalized spacial score (nSPS) is 10.1. The van der Waals surface area contributed by atoms with E-state index < -0.39 is 0 Å². The van der Waals surface area contributed by atoms with Crippen LogP contribution in [0.1, 0.15) is 26.2 Å². The molecule has 1 heteroatoms. The molecule has 0 rings (SSSR count). The molecule has 0 N–H and O–H groups in total. The van der Waals surface area contributed by atoms with Crippen LogP contribution < -0.4 is 0 Å². The minimum Gasteiger partial charge on any atom is -0.300 e. The lowest BCUT2D eigenvalue weighted by atomic mass is 10.2. The molecule has 0 unspecified atom stereocenters. The minimum absolute atomic E-state index is 0.328. The number of hydrogen-bond acceptors (Lipinski definition) is 1. The first-order valence-electron chi connectivity index (χ1n) is 3.60. The van der Waals surface area contributed by atoms with Crippen molar-refractivity contribution < 1.29 is 4.79 Å². The molecule has 0 fully saturated rings. The van der Waals surface area contributed by atoms with E-state index in [1.165, 1.54) is 0 Å². The Hall–Kier alpha value is -0.850. The highest BCUT2D eigenvalue weighted by molar-refractivity contribution is 5.78. The zero-order valence-corrected chi connectivity index (χ0v) is 6.47. The molecule has 1 nitrogen and oxygen atoms in total. The van der Waals surface area contributed by atoms with Gasteiger partial charge in [-0.1, -0.05) is 31.7 Å². The Bertz CT molecular complexity index is 134. The lowest BCUT2D eigenvalue weighted by Crippen LogP contribution is -1.92. The molecule has 0 atom stereocenters. The predicted molar refractivity (Wildman–Crippen MR) is 43.9 cm³/mol. The lowest BCUT2D eigenvalue weighted by Gasteiger charge is -1.89. The highest BCUT2D eigenvalue weighted by Gasteiger charge is 1.93. The van der Waals surface area contributed by atoms with E-state index in [-0.39, 0.29) is 0 Å². The Labute approximate surface area is 62.4 Å². The van der Waals surface area contributed by atoms with Crippen molar-refractivity contribution in [3.05, 3.63) is 24.8 Å². The van der Waals surface area contributed by atoms with Crippen molar-refractivity contribution in [2.24, 2.45) is 0 Å². The third-order valence-electron chi connectivity index (χ3n) is 1.26. The van der Waals surface area contributed by atoms with Gasteiger partial charge in [-0.2, -0.15) is 0 Å². The monoisotopic (exact) mass is 138 g/mol. The molecule has 0 heterocycles. The largest absolute Gasteiger partial charge is 0.300 e. The van der Waals surface area contributed by atoms with Gasteiger partial charge in [0.15, 0.2) is 0 Å². The zero-order valence-electron chi connectivity index (χ0n) is 6.47. The topological polar surface area (TPSA) is 17.1 Å². The maximum Gasteiger partial charge on any atom is 0.132 e. The van der Waals surface area contributed by atoms with Gasteiger partial charge < -0.3 is 0 Å². The fourth-order valence-corrected chi connectivity index (χ4v) is 0.614. The molecule has 0 aromatic rings. The first-order valence-corrected chi connectivity index (χ1v) is 3.60. The summed E-state index contributed by atoms with van der Waals surface area (Å²) in [7, 11) is 0. The molecular weight excluding hydrogens is 124 g/mol. The number of hydrogen-bond donors (Lipinski definition) is 0. The number of carbonyl (C=O) groups is 1. The van der Waals surface area contributed by atoms with Crippen molar-refractivity contribution in [1.29, 1.82) is 0 Å². The van der Waals surface area contributed by atoms with E-state index in [0.717, 1.165) is 6.42 Å². The second-order valence-corrected chi connectivity index (χ2v) is 2.09. The summed E-state index contributed by atoms with van der Waals surface area (Å²) < 4.78 is 0. The summed E-state index contributed by atoms with van der Waals surface area (Å²) in [5, 5.41) is 0. The second-order valence-electron chi connectivity index (χ2n) is 2.09. The van der Waals surface area contributed by atoms with E-state index in [4.69, 9.17) is 0 Å². The Kier molecular flexibility index (Phi) is 5.74. The van der Waals surface area contributed by atoms with Gasteiger partial charge in [0, 0.05) is 12.8 Å². The molecule has 0 saturated carbocycles. The van der Waals surface area contributed by atoms with Crippen LogP contribution in [-0.4, -0.2) is 5.78 Å². The van der Waals surface area contributed by atoms with Crippen LogP contribution in [0, 0.1) is 0 Å². The van der Waals surface area contributed by atoms with Gasteiger partial charge in [-0.25, -0.2) is 0 Å². The van der Waals surface area contributed by atoms with E-state index in [1.807, 2.05) is 19.1 Å². The molecule has 56 valence electrons. The van der Waals surface area contributed by atoms with Gasteiger partial charge in [0.1, 0.15) is 5.78 Å². The Morgan fingerprint density at radius 1 is 1.60 bits per heavy atom. The third kappa shape index (κ3) is 5.29. The molecule has 10 heavy (non-hydrogen) atoms. The Morgan fingerprint density at radius 2 is 2.30 bits per heavy atom. The highest BCUT2D eigenvalue weighted by atomic mass is 16.1. The molecule has 0 aliphatic heterocycles. The summed E-state index contributed by atoms with van der Waals surface area (Å²) >= 11 is 0. The summed E-state index contributed by atoms with van der Waals surface area (Å²) in [4.78, 5) is 10.7. The maximum absolute atomic E-state index is 10.7. The van der Waals surface area contributed by atoms with Crippen molar-refractivity contribution in [2.75, 3.05) is 0 Å². The molecule has 0 amide bonds. The van der Waals surface area contributed by atoms with Crippen molar-refractivity contribution in [2.45, 2.75) is 26.2 Å². The molecule has 0 saturated heterocycles. The van der Waals surface area contributed by atoms with E-state index in [2.05, 4.69) is 6.58 Å². The summed E-state index contributed by atoms with van der Waals surface area (Å²) in [6.07, 6.45) is 7.71. The maximum atomic E-state index is 10.7. The molecule has 0 aromatic heterocycles. The summed E-state index contributed by atoms with van der Waals surface area (Å²) in [5.41, 5.74) is 0. The number of Topliss-reactive ketones (excluding diaryl/α,β-unsaturated/α-hetero) is 1. The van der Waals surface area contributed by atoms with Gasteiger partial charge in [-0.05, 0) is 6.42 Å². The van der Waals surface area contributed by atoms with Crippen LogP contribution >= 0.6 is 0 Å². The molecule has 0 aliphatic carbocycles. The van der Waals surface area contributed by atoms with Crippen LogP contribution in [0.5, 0.6) is 0 Å². The smallest absolute Gasteiger partial charge is 0.132 e. The van der Waals surface area contributed by atoms with Gasteiger partial charge in [-0.15, -0.1) is 0 Å². The van der Waals surface area contributed by atoms with E-state index in [0.29, 0.717) is 18.6 Å². The SMILES string of the molecule is C=CC=CCCC(=O)CC. The van der Waals surface area contributed by atoms with Crippen LogP contribution in [0.4, 0.5) is 0 Å². The lowest BCUT2D eigenvalue weighted by molar-refractivity contribution is -0.118. The highest BCUT2D eigenvalue weighted by Crippen LogP contribution is 1.95. The van der Waals surface area contributed by atoms with Gasteiger partial charge in [0.25, 0.3) is 0 Å². The third-order valence-corrected chi connectivity index (χ3v) is 1.26. The first-order chi connectivity index (χ1) is 4.81. The van der Waals surface area contributed by atoms with Gasteiger partial charge in [-0.3, -0.25) is 4.79 Å². The van der Waals surface area contributed by atoms with Gasteiger partial charge >= 0.3 is 0 Å². The molecule has 0 aromatic carbocycles. The van der Waals surface area contributed by atoms with E-state index in [9.17, 15) is 4.79 Å². The van der Waals surface area contributed by atoms with Crippen LogP contribution in [0.3, 0.4) is 0 Å². The van der Waals surface area contributed by atoms with Crippen molar-refractivity contribution >= 4 is 5.78 Å². The quantitative estimate of drug-likeness (QED) is 0.533. The number of rotatable bonds is 5. The number of allylic oxidation sites excluding steroid dienone is 3. The Morgan fingerprint density at radius 3 is 2.80 bits per heavy atom. The fourth-order valence-electron chi connectivity index (χ4n) is 0.614. The molecule has 0 radical (unpaired) electrons. The summed E-state index contributed by atoms with van der Waals surface area (Å²) in [5.74, 6) is 0.328. The van der Waals surface area contributed by atoms with E-state index in [1.54, 1.807) is 6.08 Å². The summed E-state index contributed by atoms with van der Waals surface area (Å²) in [6, 6.07) is 0. The average molecular weight is 138 g/mol. The van der Waals surface area contributed by atoms with Gasteiger partial charge in [0.2, 0.25) is 0 Å².